The van der Waals surface area contributed by atoms with E-state index < -0.39 is 11.6 Å². The number of ether oxygens (including phenoxy) is 1. The van der Waals surface area contributed by atoms with Gasteiger partial charge in [0.25, 0.3) is 5.91 Å². The summed E-state index contributed by atoms with van der Waals surface area (Å²) in [7, 11) is 2.04. The first kappa shape index (κ1) is 20.8. The quantitative estimate of drug-likeness (QED) is 0.637. The standard InChI is InChI=1S/C23H25F2N5O2/c1-29-5-7-30(8-6-29)15-11-17(21(25)19(24)12-15)14-2-3-20-18(10-14)22(28-27-20)23(31)26-13-16-4-9-32-16/h2-3,10-12,16H,4-9,13H2,1H3,(H,26,31)(H,27,28). The summed E-state index contributed by atoms with van der Waals surface area (Å²) in [6, 6.07) is 8.04. The number of hydrogen-bond acceptors (Lipinski definition) is 5. The van der Waals surface area contributed by atoms with Gasteiger partial charge < -0.3 is 19.9 Å². The third-order valence-electron chi connectivity index (χ3n) is 6.25. The maximum Gasteiger partial charge on any atom is 0.272 e. The monoisotopic (exact) mass is 441 g/mol. The van der Waals surface area contributed by atoms with Crippen LogP contribution in [0.5, 0.6) is 0 Å². The van der Waals surface area contributed by atoms with Crippen LogP contribution in [0.15, 0.2) is 30.3 Å². The molecule has 0 aliphatic carbocycles. The maximum absolute atomic E-state index is 14.8. The third kappa shape index (κ3) is 3.93. The van der Waals surface area contributed by atoms with Crippen LogP contribution in [-0.4, -0.2) is 73.5 Å². The number of carbonyl (C=O) groups is 1. The zero-order valence-corrected chi connectivity index (χ0v) is 17.8. The van der Waals surface area contributed by atoms with Gasteiger partial charge in [-0.15, -0.1) is 0 Å². The van der Waals surface area contributed by atoms with Crippen molar-refractivity contribution < 1.29 is 18.3 Å². The van der Waals surface area contributed by atoms with E-state index in [2.05, 4.69) is 25.3 Å². The van der Waals surface area contributed by atoms with Crippen LogP contribution in [0, 0.1) is 11.6 Å². The SMILES string of the molecule is CN1CCN(c2cc(F)c(F)c(-c3ccc4[nH]nc(C(=O)NCC5CCO5)c4c3)c2)CC1. The number of nitrogens with zero attached hydrogens (tertiary/aromatic N) is 3. The van der Waals surface area contributed by atoms with Gasteiger partial charge in [0.2, 0.25) is 0 Å². The second-order valence-corrected chi connectivity index (χ2v) is 8.40. The van der Waals surface area contributed by atoms with Gasteiger partial charge in [0.1, 0.15) is 0 Å². The zero-order valence-electron chi connectivity index (χ0n) is 17.8. The van der Waals surface area contributed by atoms with Crippen LogP contribution in [0.25, 0.3) is 22.0 Å². The molecule has 2 fully saturated rings. The van der Waals surface area contributed by atoms with Gasteiger partial charge in [-0.25, -0.2) is 8.78 Å². The molecule has 2 aliphatic heterocycles. The molecular weight excluding hydrogens is 416 g/mol. The predicted molar refractivity (Wildman–Crippen MR) is 118 cm³/mol. The van der Waals surface area contributed by atoms with Crippen molar-refractivity contribution in [1.82, 2.24) is 20.4 Å². The first-order valence-electron chi connectivity index (χ1n) is 10.8. The van der Waals surface area contributed by atoms with Crippen LogP contribution in [0.1, 0.15) is 16.9 Å². The van der Waals surface area contributed by atoms with E-state index >= 15 is 0 Å². The highest BCUT2D eigenvalue weighted by Crippen LogP contribution is 2.32. The number of rotatable bonds is 5. The Kier molecular flexibility index (Phi) is 5.52. The molecular formula is C23H25F2N5O2. The minimum absolute atomic E-state index is 0.0362. The summed E-state index contributed by atoms with van der Waals surface area (Å²) in [6.07, 6.45) is 0.953. The highest BCUT2D eigenvalue weighted by molar-refractivity contribution is 6.05. The van der Waals surface area contributed by atoms with Gasteiger partial charge in [0.15, 0.2) is 17.3 Å². The molecule has 1 atom stereocenters. The summed E-state index contributed by atoms with van der Waals surface area (Å²) < 4.78 is 34.7. The molecule has 0 saturated carbocycles. The van der Waals surface area contributed by atoms with Crippen molar-refractivity contribution in [3.05, 3.63) is 47.7 Å². The summed E-state index contributed by atoms with van der Waals surface area (Å²) in [4.78, 5) is 16.9. The Hall–Kier alpha value is -3.04. The highest BCUT2D eigenvalue weighted by Gasteiger charge is 2.22. The Balaban J connectivity index is 1.46. The molecule has 0 spiro atoms. The predicted octanol–water partition coefficient (Wildman–Crippen LogP) is 2.78. The van der Waals surface area contributed by atoms with Crippen LogP contribution in [0.4, 0.5) is 14.5 Å². The van der Waals surface area contributed by atoms with Crippen LogP contribution >= 0.6 is 0 Å². The van der Waals surface area contributed by atoms with E-state index in [1.807, 2.05) is 7.05 Å². The number of carbonyl (C=O) groups excluding carboxylic acids is 1. The molecule has 2 aliphatic rings. The molecule has 168 valence electrons. The third-order valence-corrected chi connectivity index (χ3v) is 6.25. The lowest BCUT2D eigenvalue weighted by atomic mass is 10.0. The largest absolute Gasteiger partial charge is 0.376 e. The van der Waals surface area contributed by atoms with Gasteiger partial charge >= 0.3 is 0 Å². The van der Waals surface area contributed by atoms with Gasteiger partial charge in [-0.1, -0.05) is 6.07 Å². The van der Waals surface area contributed by atoms with Gasteiger partial charge in [-0.05, 0) is 37.2 Å². The zero-order chi connectivity index (χ0) is 22.2. The van der Waals surface area contributed by atoms with E-state index in [-0.39, 0.29) is 23.3 Å². The highest BCUT2D eigenvalue weighted by atomic mass is 19.2. The van der Waals surface area contributed by atoms with E-state index in [4.69, 9.17) is 4.74 Å². The second-order valence-electron chi connectivity index (χ2n) is 8.40. The molecule has 2 saturated heterocycles. The van der Waals surface area contributed by atoms with Crippen LogP contribution in [0.3, 0.4) is 0 Å². The second kappa shape index (κ2) is 8.48. The first-order valence-corrected chi connectivity index (χ1v) is 10.8. The fourth-order valence-corrected chi connectivity index (χ4v) is 4.12. The average molecular weight is 441 g/mol. The Bertz CT molecular complexity index is 1150. The summed E-state index contributed by atoms with van der Waals surface area (Å²) in [6.45, 7) is 4.34. The van der Waals surface area contributed by atoms with Gasteiger partial charge in [0, 0.05) is 62.0 Å². The molecule has 3 aromatic rings. The molecule has 0 bridgehead atoms. The van der Waals surface area contributed by atoms with Crippen LogP contribution in [-0.2, 0) is 4.74 Å². The maximum atomic E-state index is 14.8. The lowest BCUT2D eigenvalue weighted by molar-refractivity contribution is -0.0473. The number of hydrogen-bond donors (Lipinski definition) is 2. The molecule has 2 aromatic carbocycles. The number of H-pyrrole nitrogens is 1. The van der Waals surface area contributed by atoms with E-state index in [1.165, 1.54) is 6.07 Å². The summed E-state index contributed by atoms with van der Waals surface area (Å²) in [5.74, 6) is -2.12. The Labute approximate surface area is 184 Å². The Morgan fingerprint density at radius 2 is 2.00 bits per heavy atom. The average Bonchev–Trinajstić information content (AvgIpc) is 3.18. The van der Waals surface area contributed by atoms with Crippen molar-refractivity contribution in [3.8, 4) is 11.1 Å². The van der Waals surface area contributed by atoms with E-state index in [9.17, 15) is 13.6 Å². The summed E-state index contributed by atoms with van der Waals surface area (Å²) in [5, 5.41) is 10.3. The molecule has 2 N–H and O–H groups in total. The lowest BCUT2D eigenvalue weighted by Gasteiger charge is -2.34. The van der Waals surface area contributed by atoms with Crippen molar-refractivity contribution in [2.75, 3.05) is 51.3 Å². The van der Waals surface area contributed by atoms with Crippen LogP contribution < -0.4 is 10.2 Å². The molecule has 0 radical (unpaired) electrons. The van der Waals surface area contributed by atoms with Crippen molar-refractivity contribution >= 4 is 22.5 Å². The Morgan fingerprint density at radius 1 is 1.22 bits per heavy atom. The van der Waals surface area contributed by atoms with E-state index in [0.29, 0.717) is 35.3 Å². The minimum Gasteiger partial charge on any atom is -0.376 e. The van der Waals surface area contributed by atoms with Crippen LogP contribution in [0.2, 0.25) is 0 Å². The topological polar surface area (TPSA) is 73.5 Å². The number of aromatic nitrogens is 2. The fraction of sp³-hybridized carbons (Fsp3) is 0.391. The number of anilines is 1. The van der Waals surface area contributed by atoms with Crippen molar-refractivity contribution in [2.24, 2.45) is 0 Å². The fourth-order valence-electron chi connectivity index (χ4n) is 4.12. The molecule has 5 rings (SSSR count). The van der Waals surface area contributed by atoms with E-state index in [1.54, 1.807) is 24.3 Å². The first-order chi connectivity index (χ1) is 15.5. The summed E-state index contributed by atoms with van der Waals surface area (Å²) in [5.41, 5.74) is 2.17. The number of benzene rings is 2. The number of aromatic amines is 1. The minimum atomic E-state index is -0.904. The number of likely N-dealkylation sites (N-methyl/N-ethyl adjacent to an activating group) is 1. The molecule has 32 heavy (non-hydrogen) atoms. The molecule has 1 amide bonds. The van der Waals surface area contributed by atoms with Gasteiger partial charge in [0.05, 0.1) is 11.6 Å². The normalized spacial score (nSPS) is 19.2. The Morgan fingerprint density at radius 3 is 2.72 bits per heavy atom. The van der Waals surface area contributed by atoms with Gasteiger partial charge in [-0.2, -0.15) is 5.10 Å². The molecule has 1 unspecified atom stereocenters. The van der Waals surface area contributed by atoms with Gasteiger partial charge in [-0.3, -0.25) is 9.89 Å². The van der Waals surface area contributed by atoms with Crippen molar-refractivity contribution in [3.63, 3.8) is 0 Å². The molecule has 1 aromatic heterocycles. The van der Waals surface area contributed by atoms with Crippen molar-refractivity contribution in [1.29, 1.82) is 0 Å². The lowest BCUT2D eigenvalue weighted by Crippen LogP contribution is -2.44. The molecule has 3 heterocycles. The number of nitrogens with one attached hydrogen (secondary N) is 2. The number of piperazine rings is 1. The number of amides is 1. The van der Waals surface area contributed by atoms with E-state index in [0.717, 1.165) is 32.6 Å². The number of fused-ring (bicyclic) bond motifs is 1. The smallest absolute Gasteiger partial charge is 0.272 e. The number of halogens is 2. The molecule has 9 heteroatoms. The molecule has 7 nitrogen and oxygen atoms in total. The summed E-state index contributed by atoms with van der Waals surface area (Å²) >= 11 is 0. The van der Waals surface area contributed by atoms with Crippen molar-refractivity contribution in [2.45, 2.75) is 12.5 Å².